The maximum Gasteiger partial charge on any atom is 0.275 e. The number of aromatic hydroxyl groups is 1. The molecule has 0 aliphatic carbocycles. The summed E-state index contributed by atoms with van der Waals surface area (Å²) < 4.78 is 6.42. The van der Waals surface area contributed by atoms with Gasteiger partial charge in [-0.05, 0) is 31.0 Å². The summed E-state index contributed by atoms with van der Waals surface area (Å²) in [5.41, 5.74) is 0.783. The molecule has 2 heterocycles. The second-order valence-corrected chi connectivity index (χ2v) is 6.30. The number of aromatic nitrogens is 2. The number of carbonyl (C=O) groups excluding carboxylic acids is 1. The molecule has 0 unspecified atom stereocenters. The minimum atomic E-state index is -0.636. The molecule has 0 bridgehead atoms. The Balaban J connectivity index is 1.73. The van der Waals surface area contributed by atoms with Gasteiger partial charge in [-0.25, -0.2) is 0 Å². The highest BCUT2D eigenvalue weighted by Gasteiger charge is 2.20. The van der Waals surface area contributed by atoms with Crippen molar-refractivity contribution in [2.24, 2.45) is 0 Å². The zero-order valence-corrected chi connectivity index (χ0v) is 14.6. The predicted molar refractivity (Wildman–Crippen MR) is 94.8 cm³/mol. The molecule has 130 valence electrons. The number of methoxy groups -OCH3 is 1. The van der Waals surface area contributed by atoms with Gasteiger partial charge in [-0.3, -0.25) is 14.0 Å². The number of ether oxygens (including phenoxy) is 1. The second kappa shape index (κ2) is 6.94. The van der Waals surface area contributed by atoms with Crippen molar-refractivity contribution in [1.82, 2.24) is 14.7 Å². The monoisotopic (exact) mass is 359 g/mol. The fraction of sp³-hybridized carbons (Fsp3) is 0.235. The molecular formula is C17H17N3O4S. The molecule has 7 nitrogen and oxygen atoms in total. The van der Waals surface area contributed by atoms with Crippen molar-refractivity contribution in [2.45, 2.75) is 13.3 Å². The third kappa shape index (κ3) is 3.34. The smallest absolute Gasteiger partial charge is 0.275 e. The van der Waals surface area contributed by atoms with Crippen molar-refractivity contribution >= 4 is 22.2 Å². The number of nitrogens with one attached hydrogen (secondary N) is 1. The van der Waals surface area contributed by atoms with Crippen LogP contribution in [0.3, 0.4) is 0 Å². The standard InChI is InChI=1S/C17H17N3O4S/c1-10-9-25-17-19-15(22)13(16(23)20(10)17)14(21)18-8-7-11-3-5-12(24-2)6-4-11/h3-6,9,22H,7-8H2,1-2H3,(H,18,21). The molecule has 0 atom stereocenters. The van der Waals surface area contributed by atoms with E-state index in [1.165, 1.54) is 15.7 Å². The lowest BCUT2D eigenvalue weighted by atomic mass is 10.1. The van der Waals surface area contributed by atoms with Gasteiger partial charge in [0.15, 0.2) is 10.5 Å². The Morgan fingerprint density at radius 3 is 2.76 bits per heavy atom. The number of carbonyl (C=O) groups is 1. The largest absolute Gasteiger partial charge is 0.497 e. The van der Waals surface area contributed by atoms with E-state index in [1.54, 1.807) is 19.4 Å². The SMILES string of the molecule is COc1ccc(CCNC(=O)c2c(O)nc3scc(C)n3c2=O)cc1. The summed E-state index contributed by atoms with van der Waals surface area (Å²) in [7, 11) is 1.60. The zero-order valence-electron chi connectivity index (χ0n) is 13.8. The van der Waals surface area contributed by atoms with E-state index in [0.717, 1.165) is 11.3 Å². The first-order valence-corrected chi connectivity index (χ1v) is 8.50. The van der Waals surface area contributed by atoms with Gasteiger partial charge in [-0.1, -0.05) is 12.1 Å². The van der Waals surface area contributed by atoms with Gasteiger partial charge in [-0.15, -0.1) is 11.3 Å². The molecule has 1 amide bonds. The summed E-state index contributed by atoms with van der Waals surface area (Å²) in [6.07, 6.45) is 0.588. The fourth-order valence-corrected chi connectivity index (χ4v) is 3.32. The van der Waals surface area contributed by atoms with E-state index < -0.39 is 17.3 Å². The first-order chi connectivity index (χ1) is 12.0. The second-order valence-electron chi connectivity index (χ2n) is 5.46. The van der Waals surface area contributed by atoms with Gasteiger partial charge in [0.05, 0.1) is 7.11 Å². The van der Waals surface area contributed by atoms with Crippen LogP contribution in [0.25, 0.3) is 4.96 Å². The Morgan fingerprint density at radius 2 is 2.08 bits per heavy atom. The van der Waals surface area contributed by atoms with E-state index in [-0.39, 0.29) is 5.56 Å². The lowest BCUT2D eigenvalue weighted by Crippen LogP contribution is -2.33. The molecule has 0 aliphatic rings. The molecule has 1 aromatic carbocycles. The molecule has 2 aromatic heterocycles. The molecule has 2 N–H and O–H groups in total. The summed E-state index contributed by atoms with van der Waals surface area (Å²) in [4.78, 5) is 29.1. The van der Waals surface area contributed by atoms with E-state index in [2.05, 4.69) is 10.3 Å². The Kier molecular flexibility index (Phi) is 4.71. The number of hydrogen-bond donors (Lipinski definition) is 2. The van der Waals surface area contributed by atoms with Crippen LogP contribution in [-0.2, 0) is 6.42 Å². The summed E-state index contributed by atoms with van der Waals surface area (Å²) >= 11 is 1.23. The van der Waals surface area contributed by atoms with Crippen molar-refractivity contribution in [2.75, 3.05) is 13.7 Å². The molecule has 0 aliphatic heterocycles. The molecule has 3 rings (SSSR count). The quantitative estimate of drug-likeness (QED) is 0.724. The topological polar surface area (TPSA) is 92.9 Å². The van der Waals surface area contributed by atoms with Crippen LogP contribution in [0.1, 0.15) is 21.6 Å². The summed E-state index contributed by atoms with van der Waals surface area (Å²) in [5, 5.41) is 14.3. The normalized spacial score (nSPS) is 10.8. The first kappa shape index (κ1) is 17.0. The van der Waals surface area contributed by atoms with E-state index in [9.17, 15) is 14.7 Å². The summed E-state index contributed by atoms with van der Waals surface area (Å²) in [6, 6.07) is 7.48. The predicted octanol–water partition coefficient (Wildman–Crippen LogP) is 1.75. The molecule has 8 heteroatoms. The lowest BCUT2D eigenvalue weighted by Gasteiger charge is -2.07. The van der Waals surface area contributed by atoms with Crippen LogP contribution in [0.4, 0.5) is 0 Å². The Bertz CT molecular complexity index is 976. The molecule has 0 fully saturated rings. The molecule has 3 aromatic rings. The third-order valence-corrected chi connectivity index (χ3v) is 4.75. The van der Waals surface area contributed by atoms with Crippen molar-refractivity contribution in [3.8, 4) is 11.6 Å². The average molecular weight is 359 g/mol. The van der Waals surface area contributed by atoms with Gasteiger partial charge in [0.25, 0.3) is 11.5 Å². The lowest BCUT2D eigenvalue weighted by molar-refractivity contribution is 0.0949. The molecule has 0 radical (unpaired) electrons. The number of aryl methyl sites for hydroxylation is 1. The number of amides is 1. The molecular weight excluding hydrogens is 342 g/mol. The summed E-state index contributed by atoms with van der Waals surface area (Å²) in [6.45, 7) is 2.07. The van der Waals surface area contributed by atoms with Crippen LogP contribution in [0.5, 0.6) is 11.6 Å². The van der Waals surface area contributed by atoms with Crippen LogP contribution >= 0.6 is 11.3 Å². The number of rotatable bonds is 5. The van der Waals surface area contributed by atoms with Gasteiger partial charge in [0, 0.05) is 17.6 Å². The van der Waals surface area contributed by atoms with Crippen molar-refractivity contribution in [3.05, 3.63) is 56.8 Å². The minimum absolute atomic E-state index is 0.329. The van der Waals surface area contributed by atoms with Gasteiger partial charge in [0.2, 0.25) is 5.88 Å². The van der Waals surface area contributed by atoms with Crippen molar-refractivity contribution in [1.29, 1.82) is 0 Å². The van der Waals surface area contributed by atoms with Crippen LogP contribution in [0, 0.1) is 6.92 Å². The van der Waals surface area contributed by atoms with E-state index >= 15 is 0 Å². The number of fused-ring (bicyclic) bond motifs is 1. The van der Waals surface area contributed by atoms with Crippen LogP contribution < -0.4 is 15.6 Å². The number of thiazole rings is 1. The van der Waals surface area contributed by atoms with Crippen molar-refractivity contribution in [3.63, 3.8) is 0 Å². The highest BCUT2D eigenvalue weighted by atomic mass is 32.1. The number of hydrogen-bond acceptors (Lipinski definition) is 6. The van der Waals surface area contributed by atoms with Gasteiger partial charge >= 0.3 is 0 Å². The maximum absolute atomic E-state index is 12.5. The highest BCUT2D eigenvalue weighted by Crippen LogP contribution is 2.17. The molecule has 0 spiro atoms. The number of benzene rings is 1. The van der Waals surface area contributed by atoms with E-state index in [0.29, 0.717) is 23.6 Å². The Labute approximate surface area is 147 Å². The highest BCUT2D eigenvalue weighted by molar-refractivity contribution is 7.15. The fourth-order valence-electron chi connectivity index (χ4n) is 2.47. The molecule has 25 heavy (non-hydrogen) atoms. The maximum atomic E-state index is 12.5. The van der Waals surface area contributed by atoms with E-state index in [1.807, 2.05) is 24.3 Å². The van der Waals surface area contributed by atoms with Crippen LogP contribution in [0.15, 0.2) is 34.4 Å². The number of nitrogens with zero attached hydrogens (tertiary/aromatic N) is 2. The van der Waals surface area contributed by atoms with Gasteiger partial charge in [-0.2, -0.15) is 4.98 Å². The molecule has 0 saturated heterocycles. The average Bonchev–Trinajstić information content (AvgIpc) is 2.96. The first-order valence-electron chi connectivity index (χ1n) is 7.62. The van der Waals surface area contributed by atoms with Gasteiger partial charge < -0.3 is 15.2 Å². The Morgan fingerprint density at radius 1 is 1.36 bits per heavy atom. The minimum Gasteiger partial charge on any atom is -0.497 e. The Hall–Kier alpha value is -2.87. The summed E-state index contributed by atoms with van der Waals surface area (Å²) in [5.74, 6) is -0.423. The van der Waals surface area contributed by atoms with E-state index in [4.69, 9.17) is 4.74 Å². The third-order valence-electron chi connectivity index (χ3n) is 3.81. The van der Waals surface area contributed by atoms with Crippen molar-refractivity contribution < 1.29 is 14.6 Å². The van der Waals surface area contributed by atoms with Gasteiger partial charge in [0.1, 0.15) is 5.75 Å². The van der Waals surface area contributed by atoms with Crippen LogP contribution in [0.2, 0.25) is 0 Å². The zero-order chi connectivity index (χ0) is 18.0. The van der Waals surface area contributed by atoms with Crippen LogP contribution in [-0.4, -0.2) is 34.1 Å². The molecule has 0 saturated carbocycles.